The van der Waals surface area contributed by atoms with Crippen molar-refractivity contribution < 1.29 is 0 Å². The molecular formula is C16H18N4. The van der Waals surface area contributed by atoms with Crippen LogP contribution in [0.5, 0.6) is 0 Å². The molecule has 1 aromatic carbocycles. The quantitative estimate of drug-likeness (QED) is 0.734. The zero-order valence-electron chi connectivity index (χ0n) is 11.6. The van der Waals surface area contributed by atoms with Crippen molar-refractivity contribution in [2.45, 2.75) is 19.8 Å². The largest absolute Gasteiger partial charge is 0.341 e. The zero-order chi connectivity index (χ0) is 13.5. The van der Waals surface area contributed by atoms with Crippen LogP contribution in [-0.4, -0.2) is 28.0 Å². The summed E-state index contributed by atoms with van der Waals surface area (Å²) in [5, 5.41) is 2.30. The van der Waals surface area contributed by atoms with Crippen LogP contribution in [0.3, 0.4) is 0 Å². The first-order valence-corrected chi connectivity index (χ1v) is 7.29. The number of H-pyrrole nitrogens is 1. The topological polar surface area (TPSA) is 44.8 Å². The lowest BCUT2D eigenvalue weighted by molar-refractivity contribution is 0.442. The molecule has 3 heterocycles. The molecule has 1 N–H and O–H groups in total. The lowest BCUT2D eigenvalue weighted by Crippen LogP contribution is -2.35. The number of rotatable bonds is 1. The van der Waals surface area contributed by atoms with Gasteiger partial charge in [-0.2, -0.15) is 4.98 Å². The van der Waals surface area contributed by atoms with Gasteiger partial charge in [0.2, 0.25) is 5.95 Å². The molecular weight excluding hydrogens is 248 g/mol. The fourth-order valence-electron chi connectivity index (χ4n) is 3.14. The fraction of sp³-hybridized carbons (Fsp3) is 0.375. The van der Waals surface area contributed by atoms with Crippen molar-refractivity contribution in [3.8, 4) is 0 Å². The molecule has 0 saturated carbocycles. The summed E-state index contributed by atoms with van der Waals surface area (Å²) in [6, 6.07) is 8.29. The summed E-state index contributed by atoms with van der Waals surface area (Å²) in [5.41, 5.74) is 2.07. The van der Waals surface area contributed by atoms with Crippen LogP contribution >= 0.6 is 0 Å². The van der Waals surface area contributed by atoms with E-state index in [0.29, 0.717) is 0 Å². The Bertz CT molecular complexity index is 761. The Morgan fingerprint density at radius 3 is 3.05 bits per heavy atom. The van der Waals surface area contributed by atoms with Crippen molar-refractivity contribution in [2.24, 2.45) is 5.92 Å². The van der Waals surface area contributed by atoms with Gasteiger partial charge in [0.25, 0.3) is 0 Å². The average Bonchev–Trinajstić information content (AvgIpc) is 2.85. The third-order valence-corrected chi connectivity index (χ3v) is 4.19. The summed E-state index contributed by atoms with van der Waals surface area (Å²) in [7, 11) is 0. The molecule has 1 saturated heterocycles. The lowest BCUT2D eigenvalue weighted by atomic mass is 10.0. The van der Waals surface area contributed by atoms with E-state index in [4.69, 9.17) is 4.98 Å². The van der Waals surface area contributed by atoms with E-state index in [0.717, 1.165) is 41.5 Å². The Labute approximate surface area is 117 Å². The molecule has 4 rings (SSSR count). The number of fused-ring (bicyclic) bond motifs is 3. The van der Waals surface area contributed by atoms with Gasteiger partial charge in [0, 0.05) is 35.6 Å². The SMILES string of the molecule is CC1CCCN(c2ncc3c(n2)[nH]c2ccccc23)C1. The number of hydrogen-bond acceptors (Lipinski definition) is 3. The molecule has 0 bridgehead atoms. The van der Waals surface area contributed by atoms with Gasteiger partial charge < -0.3 is 9.88 Å². The summed E-state index contributed by atoms with van der Waals surface area (Å²) in [6.07, 6.45) is 4.50. The van der Waals surface area contributed by atoms with Crippen LogP contribution < -0.4 is 4.90 Å². The molecule has 0 spiro atoms. The third-order valence-electron chi connectivity index (χ3n) is 4.19. The number of benzene rings is 1. The smallest absolute Gasteiger partial charge is 0.227 e. The lowest BCUT2D eigenvalue weighted by Gasteiger charge is -2.30. The second-order valence-electron chi connectivity index (χ2n) is 5.80. The molecule has 102 valence electrons. The van der Waals surface area contributed by atoms with Gasteiger partial charge in [-0.15, -0.1) is 0 Å². The maximum atomic E-state index is 4.73. The standard InChI is InChI=1S/C16H18N4/c1-11-5-4-8-20(10-11)16-17-9-13-12-6-2-3-7-14(12)18-15(13)19-16/h2-3,6-7,9,11H,4-5,8,10H2,1H3,(H,17,18,19). The molecule has 1 aliphatic heterocycles. The number of para-hydroxylation sites is 1. The minimum Gasteiger partial charge on any atom is -0.341 e. The molecule has 0 aliphatic carbocycles. The predicted molar refractivity (Wildman–Crippen MR) is 82.0 cm³/mol. The number of anilines is 1. The molecule has 20 heavy (non-hydrogen) atoms. The highest BCUT2D eigenvalue weighted by molar-refractivity contribution is 6.05. The van der Waals surface area contributed by atoms with Gasteiger partial charge in [0.1, 0.15) is 5.65 Å². The Hall–Kier alpha value is -2.10. The molecule has 1 atom stereocenters. The van der Waals surface area contributed by atoms with Crippen molar-refractivity contribution in [3.63, 3.8) is 0 Å². The van der Waals surface area contributed by atoms with Crippen molar-refractivity contribution >= 4 is 27.9 Å². The second-order valence-corrected chi connectivity index (χ2v) is 5.80. The van der Waals surface area contributed by atoms with E-state index in [1.165, 1.54) is 18.2 Å². The minimum atomic E-state index is 0.728. The summed E-state index contributed by atoms with van der Waals surface area (Å²) >= 11 is 0. The van der Waals surface area contributed by atoms with Gasteiger partial charge >= 0.3 is 0 Å². The number of nitrogens with one attached hydrogen (secondary N) is 1. The summed E-state index contributed by atoms with van der Waals surface area (Å²) in [5.74, 6) is 1.58. The number of piperidine rings is 1. The van der Waals surface area contributed by atoms with Crippen molar-refractivity contribution in [1.82, 2.24) is 15.0 Å². The van der Waals surface area contributed by atoms with E-state index in [1.54, 1.807) is 0 Å². The van der Waals surface area contributed by atoms with Gasteiger partial charge in [0.15, 0.2) is 0 Å². The second kappa shape index (κ2) is 4.47. The highest BCUT2D eigenvalue weighted by Crippen LogP contribution is 2.26. The van der Waals surface area contributed by atoms with E-state index in [2.05, 4.69) is 40.0 Å². The first-order chi connectivity index (χ1) is 9.81. The molecule has 1 aliphatic rings. The Morgan fingerprint density at radius 1 is 1.25 bits per heavy atom. The summed E-state index contributed by atoms with van der Waals surface area (Å²) in [6.45, 7) is 4.43. The normalized spacial score (nSPS) is 19.9. The third kappa shape index (κ3) is 1.83. The van der Waals surface area contributed by atoms with E-state index < -0.39 is 0 Å². The predicted octanol–water partition coefficient (Wildman–Crippen LogP) is 3.35. The Morgan fingerprint density at radius 2 is 2.15 bits per heavy atom. The molecule has 0 radical (unpaired) electrons. The van der Waals surface area contributed by atoms with Crippen molar-refractivity contribution in [3.05, 3.63) is 30.5 Å². The zero-order valence-corrected chi connectivity index (χ0v) is 11.6. The highest BCUT2D eigenvalue weighted by Gasteiger charge is 2.19. The average molecular weight is 266 g/mol. The van der Waals surface area contributed by atoms with Crippen LogP contribution in [0.1, 0.15) is 19.8 Å². The monoisotopic (exact) mass is 266 g/mol. The maximum absolute atomic E-state index is 4.73. The van der Waals surface area contributed by atoms with Gasteiger partial charge in [-0.05, 0) is 24.8 Å². The fourth-order valence-corrected chi connectivity index (χ4v) is 3.14. The number of aromatic nitrogens is 3. The first-order valence-electron chi connectivity index (χ1n) is 7.29. The van der Waals surface area contributed by atoms with E-state index in [9.17, 15) is 0 Å². The van der Waals surface area contributed by atoms with Crippen molar-refractivity contribution in [1.29, 1.82) is 0 Å². The van der Waals surface area contributed by atoms with Gasteiger partial charge in [-0.3, -0.25) is 0 Å². The number of aromatic amines is 1. The number of hydrogen-bond donors (Lipinski definition) is 1. The maximum Gasteiger partial charge on any atom is 0.227 e. The molecule has 4 heteroatoms. The molecule has 0 amide bonds. The number of nitrogens with zero attached hydrogens (tertiary/aromatic N) is 3. The molecule has 2 aromatic heterocycles. The van der Waals surface area contributed by atoms with E-state index in [-0.39, 0.29) is 0 Å². The molecule has 4 nitrogen and oxygen atoms in total. The Balaban J connectivity index is 1.80. The first kappa shape index (κ1) is 11.7. The van der Waals surface area contributed by atoms with Crippen LogP contribution in [0.25, 0.3) is 21.9 Å². The van der Waals surface area contributed by atoms with Crippen LogP contribution in [0, 0.1) is 5.92 Å². The van der Waals surface area contributed by atoms with Crippen LogP contribution in [0.2, 0.25) is 0 Å². The van der Waals surface area contributed by atoms with Gasteiger partial charge in [-0.1, -0.05) is 25.1 Å². The Kier molecular flexibility index (Phi) is 2.62. The summed E-state index contributed by atoms with van der Waals surface area (Å²) in [4.78, 5) is 15.0. The molecule has 3 aromatic rings. The molecule has 1 unspecified atom stereocenters. The van der Waals surface area contributed by atoms with Crippen LogP contribution in [0.15, 0.2) is 30.5 Å². The highest BCUT2D eigenvalue weighted by atomic mass is 15.3. The summed E-state index contributed by atoms with van der Waals surface area (Å²) < 4.78 is 0. The van der Waals surface area contributed by atoms with E-state index >= 15 is 0 Å². The molecule has 1 fully saturated rings. The van der Waals surface area contributed by atoms with E-state index in [1.807, 2.05) is 12.3 Å². The van der Waals surface area contributed by atoms with Gasteiger partial charge in [-0.25, -0.2) is 4.98 Å². The van der Waals surface area contributed by atoms with Crippen LogP contribution in [-0.2, 0) is 0 Å². The minimum absolute atomic E-state index is 0.728. The van der Waals surface area contributed by atoms with Crippen molar-refractivity contribution in [2.75, 3.05) is 18.0 Å². The van der Waals surface area contributed by atoms with Gasteiger partial charge in [0.05, 0.1) is 0 Å². The van der Waals surface area contributed by atoms with Crippen LogP contribution in [0.4, 0.5) is 5.95 Å².